The Kier molecular flexibility index (Phi) is 6.16. The Balaban J connectivity index is 1.39. The largest absolute Gasteiger partial charge is 0.434 e. The van der Waals surface area contributed by atoms with Crippen LogP contribution in [0.5, 0.6) is 11.6 Å². The summed E-state index contributed by atoms with van der Waals surface area (Å²) in [6.45, 7) is 7.84. The molecular weight excluding hydrogens is 464 g/mol. The van der Waals surface area contributed by atoms with Crippen LogP contribution in [0.25, 0.3) is 10.9 Å². The van der Waals surface area contributed by atoms with E-state index in [1.165, 1.54) is 12.4 Å². The predicted octanol–water partition coefficient (Wildman–Crippen LogP) is 5.14. The number of nitriles is 1. The van der Waals surface area contributed by atoms with Crippen LogP contribution in [0.2, 0.25) is 0 Å². The number of anilines is 3. The number of ether oxygens (including phenoxy) is 1. The number of aromatic amines is 1. The number of rotatable bonds is 5. The normalized spacial score (nSPS) is 17.7. The minimum atomic E-state index is -0.750. The fourth-order valence-corrected chi connectivity index (χ4v) is 4.58. The van der Waals surface area contributed by atoms with Gasteiger partial charge in [-0.3, -0.25) is 0 Å². The van der Waals surface area contributed by atoms with Crippen LogP contribution in [-0.4, -0.2) is 40.1 Å². The zero-order chi connectivity index (χ0) is 25.4. The molecule has 0 unspecified atom stereocenters. The number of hydrogen-bond acceptors (Lipinski definition) is 7. The van der Waals surface area contributed by atoms with Crippen LogP contribution in [0, 0.1) is 29.9 Å². The van der Waals surface area contributed by atoms with Gasteiger partial charge in [-0.15, -0.1) is 0 Å². The molecule has 0 spiro atoms. The lowest BCUT2D eigenvalue weighted by Gasteiger charge is -2.37. The lowest BCUT2D eigenvalue weighted by Crippen LogP contribution is -2.54. The third-order valence-corrected chi connectivity index (χ3v) is 6.09. The van der Waals surface area contributed by atoms with E-state index >= 15 is 4.39 Å². The molecule has 184 valence electrons. The molecule has 36 heavy (non-hydrogen) atoms. The van der Waals surface area contributed by atoms with E-state index in [-0.39, 0.29) is 33.9 Å². The summed E-state index contributed by atoms with van der Waals surface area (Å²) in [4.78, 5) is 13.2. The van der Waals surface area contributed by atoms with E-state index in [9.17, 15) is 9.65 Å². The van der Waals surface area contributed by atoms with Gasteiger partial charge >= 0.3 is 0 Å². The van der Waals surface area contributed by atoms with Gasteiger partial charge in [0.25, 0.3) is 0 Å². The molecule has 1 fully saturated rings. The van der Waals surface area contributed by atoms with Gasteiger partial charge in [-0.2, -0.15) is 5.26 Å². The van der Waals surface area contributed by atoms with Gasteiger partial charge in [-0.1, -0.05) is 0 Å². The smallest absolute Gasteiger partial charge is 0.242 e. The van der Waals surface area contributed by atoms with Crippen molar-refractivity contribution in [2.45, 2.75) is 32.9 Å². The third kappa shape index (κ3) is 4.53. The van der Waals surface area contributed by atoms with Gasteiger partial charge in [0.05, 0.1) is 5.52 Å². The van der Waals surface area contributed by atoms with E-state index < -0.39 is 11.6 Å². The SMILES string of the molecule is Cc1cc2c(F)c(Oc3ncnc(Nc4ccc(N5C[C@@H](C)N[C@@H](C)C5)cc4)c3C#N)cc(F)c2[nH]1. The molecule has 3 heterocycles. The Morgan fingerprint density at radius 1 is 1.11 bits per heavy atom. The Morgan fingerprint density at radius 3 is 2.53 bits per heavy atom. The molecule has 0 bridgehead atoms. The molecule has 4 aromatic rings. The summed E-state index contributed by atoms with van der Waals surface area (Å²) in [5, 5.41) is 16.5. The maximum atomic E-state index is 15.0. The Labute approximate surface area is 206 Å². The second-order valence-electron chi connectivity index (χ2n) is 9.07. The summed E-state index contributed by atoms with van der Waals surface area (Å²) < 4.78 is 35.1. The summed E-state index contributed by atoms with van der Waals surface area (Å²) >= 11 is 0. The van der Waals surface area contributed by atoms with Crippen molar-refractivity contribution in [3.05, 3.63) is 65.6 Å². The molecule has 8 nitrogen and oxygen atoms in total. The molecule has 1 aliphatic heterocycles. The molecule has 0 aliphatic carbocycles. The van der Waals surface area contributed by atoms with Gasteiger partial charge < -0.3 is 25.3 Å². The maximum absolute atomic E-state index is 15.0. The third-order valence-electron chi connectivity index (χ3n) is 6.09. The van der Waals surface area contributed by atoms with E-state index in [0.717, 1.165) is 24.8 Å². The molecule has 0 radical (unpaired) electrons. The first-order valence-electron chi connectivity index (χ1n) is 11.6. The number of halogens is 2. The maximum Gasteiger partial charge on any atom is 0.242 e. The van der Waals surface area contributed by atoms with Gasteiger partial charge in [0.1, 0.15) is 12.4 Å². The second-order valence-corrected chi connectivity index (χ2v) is 9.07. The standard InChI is InChI=1S/C26H25F2N7O/c1-14-8-19-23(28)22(9-21(27)24(19)33-14)36-26-20(10-29)25(30-13-31-26)34-17-4-6-18(7-5-17)35-11-15(2)32-16(3)12-35/h4-9,13,15-16,32-33H,11-12H2,1-3H3,(H,30,31,34)/t15-,16+. The summed E-state index contributed by atoms with van der Waals surface area (Å²) in [6.07, 6.45) is 1.20. The minimum Gasteiger partial charge on any atom is -0.434 e. The van der Waals surface area contributed by atoms with E-state index in [0.29, 0.717) is 23.5 Å². The number of aromatic nitrogens is 3. The summed E-state index contributed by atoms with van der Waals surface area (Å²) in [5.41, 5.74) is 2.43. The fourth-order valence-electron chi connectivity index (χ4n) is 4.58. The van der Waals surface area contributed by atoms with Crippen LogP contribution in [-0.2, 0) is 0 Å². The van der Waals surface area contributed by atoms with Gasteiger partial charge in [-0.05, 0) is 51.1 Å². The van der Waals surface area contributed by atoms with Crippen LogP contribution in [0.1, 0.15) is 25.1 Å². The monoisotopic (exact) mass is 489 g/mol. The topological polar surface area (TPSA) is 102 Å². The number of nitrogens with one attached hydrogen (secondary N) is 3. The molecule has 0 saturated carbocycles. The number of piperazine rings is 1. The van der Waals surface area contributed by atoms with Crippen molar-refractivity contribution < 1.29 is 13.5 Å². The number of aryl methyl sites for hydroxylation is 1. The van der Waals surface area contributed by atoms with Crippen LogP contribution < -0.4 is 20.3 Å². The Bertz CT molecular complexity index is 1450. The summed E-state index contributed by atoms with van der Waals surface area (Å²) in [6, 6.07) is 13.0. The average Bonchev–Trinajstić information content (AvgIpc) is 3.25. The van der Waals surface area contributed by atoms with Crippen LogP contribution >= 0.6 is 0 Å². The first kappa shape index (κ1) is 23.5. The van der Waals surface area contributed by atoms with Crippen LogP contribution in [0.4, 0.5) is 26.0 Å². The highest BCUT2D eigenvalue weighted by Crippen LogP contribution is 2.34. The predicted molar refractivity (Wildman–Crippen MR) is 134 cm³/mol. The van der Waals surface area contributed by atoms with Crippen molar-refractivity contribution in [2.75, 3.05) is 23.3 Å². The van der Waals surface area contributed by atoms with Crippen molar-refractivity contribution in [2.24, 2.45) is 0 Å². The number of H-pyrrole nitrogens is 1. The lowest BCUT2D eigenvalue weighted by molar-refractivity contribution is 0.407. The Morgan fingerprint density at radius 2 is 1.83 bits per heavy atom. The Hall–Kier alpha value is -4.23. The minimum absolute atomic E-state index is 0.0310. The van der Waals surface area contributed by atoms with Gasteiger partial charge in [0.15, 0.2) is 28.8 Å². The fraction of sp³-hybridized carbons (Fsp3) is 0.269. The molecule has 2 aromatic heterocycles. The number of fused-ring (bicyclic) bond motifs is 1. The highest BCUT2D eigenvalue weighted by Gasteiger charge is 2.22. The van der Waals surface area contributed by atoms with Gasteiger partial charge in [0, 0.05) is 53.7 Å². The number of nitrogens with zero attached hydrogens (tertiary/aromatic N) is 4. The average molecular weight is 490 g/mol. The van der Waals surface area contributed by atoms with Crippen molar-refractivity contribution >= 4 is 28.1 Å². The van der Waals surface area contributed by atoms with E-state index in [1.807, 2.05) is 30.3 Å². The van der Waals surface area contributed by atoms with Crippen molar-refractivity contribution in [3.63, 3.8) is 0 Å². The van der Waals surface area contributed by atoms with Crippen LogP contribution in [0.3, 0.4) is 0 Å². The first-order chi connectivity index (χ1) is 17.3. The molecule has 2 atom stereocenters. The molecular formula is C26H25F2N7O. The molecule has 1 saturated heterocycles. The van der Waals surface area contributed by atoms with Crippen LogP contribution in [0.15, 0.2) is 42.7 Å². The highest BCUT2D eigenvalue weighted by atomic mass is 19.1. The van der Waals surface area contributed by atoms with E-state index in [1.54, 1.807) is 6.92 Å². The molecule has 2 aromatic carbocycles. The summed E-state index contributed by atoms with van der Waals surface area (Å²) in [5.74, 6) is -1.78. The van der Waals surface area contributed by atoms with E-state index in [4.69, 9.17) is 4.74 Å². The highest BCUT2D eigenvalue weighted by molar-refractivity contribution is 5.83. The summed E-state index contributed by atoms with van der Waals surface area (Å²) in [7, 11) is 0. The molecule has 5 rings (SSSR count). The quantitative estimate of drug-likeness (QED) is 0.357. The second kappa shape index (κ2) is 9.43. The molecule has 10 heteroatoms. The zero-order valence-corrected chi connectivity index (χ0v) is 20.1. The van der Waals surface area contributed by atoms with Crippen molar-refractivity contribution in [3.8, 4) is 17.7 Å². The number of hydrogen-bond donors (Lipinski definition) is 3. The molecule has 0 amide bonds. The zero-order valence-electron chi connectivity index (χ0n) is 20.1. The number of benzene rings is 2. The lowest BCUT2D eigenvalue weighted by atomic mass is 10.1. The van der Waals surface area contributed by atoms with Crippen molar-refractivity contribution in [1.29, 1.82) is 5.26 Å². The first-order valence-corrected chi connectivity index (χ1v) is 11.6. The van der Waals surface area contributed by atoms with Gasteiger partial charge in [0.2, 0.25) is 5.88 Å². The molecule has 3 N–H and O–H groups in total. The van der Waals surface area contributed by atoms with Crippen molar-refractivity contribution in [1.82, 2.24) is 20.3 Å². The van der Waals surface area contributed by atoms with Gasteiger partial charge in [-0.25, -0.2) is 18.7 Å². The molecule has 1 aliphatic rings. The van der Waals surface area contributed by atoms with E-state index in [2.05, 4.69) is 44.3 Å².